The van der Waals surface area contributed by atoms with Gasteiger partial charge < -0.3 is 81.5 Å². The van der Waals surface area contributed by atoms with Gasteiger partial charge in [0.05, 0.1) is 78.6 Å². The molecule has 43 heteroatoms. The van der Waals surface area contributed by atoms with Crippen LogP contribution < -0.4 is 66.4 Å². The van der Waals surface area contributed by atoms with E-state index >= 15 is 0 Å². The summed E-state index contributed by atoms with van der Waals surface area (Å²) < 4.78 is 76.7. The number of nitrogens with two attached hydrogens (primary N) is 4. The number of phosphoric ester groups is 2. The van der Waals surface area contributed by atoms with Gasteiger partial charge in [0.25, 0.3) is 22.7 Å². The number of nitro groups is 1. The normalized spacial score (nSPS) is 21.5. The molecule has 2 aromatic carbocycles. The zero-order chi connectivity index (χ0) is 75.5. The van der Waals surface area contributed by atoms with E-state index in [1.54, 1.807) is 6.07 Å². The molecule has 0 saturated carbocycles. The molecule has 104 heavy (non-hydrogen) atoms. The third kappa shape index (κ3) is 19.3. The molecule has 7 heterocycles. The van der Waals surface area contributed by atoms with Crippen molar-refractivity contribution in [1.29, 1.82) is 0 Å². The van der Waals surface area contributed by atoms with Gasteiger partial charge in [-0.3, -0.25) is 80.9 Å². The van der Waals surface area contributed by atoms with Crippen LogP contribution in [0.15, 0.2) is 80.5 Å². The van der Waals surface area contributed by atoms with Crippen LogP contribution in [-0.4, -0.2) is 190 Å². The molecule has 3 saturated heterocycles. The average Bonchev–Trinajstić information content (AvgIpc) is 1.61. The lowest BCUT2D eigenvalue weighted by Crippen LogP contribution is -2.50. The summed E-state index contributed by atoms with van der Waals surface area (Å²) in [5.74, 6) is 18.0. The monoisotopic (exact) mass is 1490 g/mol. The van der Waals surface area contributed by atoms with Crippen LogP contribution in [0.2, 0.25) is 0 Å². The highest BCUT2D eigenvalue weighted by atomic mass is 31.2. The molecule has 6 aromatic rings. The largest absolute Gasteiger partial charge is 0.472 e. The van der Waals surface area contributed by atoms with Crippen LogP contribution in [-0.2, 0) is 60.6 Å². The van der Waals surface area contributed by atoms with Gasteiger partial charge in [0, 0.05) is 68.7 Å². The van der Waals surface area contributed by atoms with Gasteiger partial charge in [0.1, 0.15) is 84.2 Å². The molecule has 13 atom stereocenters. The lowest BCUT2D eigenvalue weighted by Gasteiger charge is -2.24. The van der Waals surface area contributed by atoms with Crippen molar-refractivity contribution in [3.8, 4) is 41.3 Å². The number of Topliss-reactive ketones (excluding diaryl/α,β-unsaturated/α-hetero) is 2. The third-order valence-corrected chi connectivity index (χ3v) is 17.9. The van der Waals surface area contributed by atoms with Crippen LogP contribution in [0.4, 0.5) is 11.5 Å². The number of carbonyl (C=O) groups excluding carboxylic acids is 5. The first-order valence-corrected chi connectivity index (χ1v) is 33.9. The number of ketones is 2. The summed E-state index contributed by atoms with van der Waals surface area (Å²) in [5.41, 5.74) is 12.4. The number of methoxy groups -OCH3 is 1. The number of benzene rings is 2. The fourth-order valence-corrected chi connectivity index (χ4v) is 12.6. The van der Waals surface area contributed by atoms with Crippen molar-refractivity contribution >= 4 is 67.5 Å². The number of aromatic amines is 2. The molecule has 0 bridgehead atoms. The Labute approximate surface area is 585 Å². The maximum absolute atomic E-state index is 14.1. The summed E-state index contributed by atoms with van der Waals surface area (Å²) in [5, 5.41) is 40.1. The number of aliphatic hydroxyl groups excluding tert-OH is 2. The second kappa shape index (κ2) is 33.9. The zero-order valence-corrected chi connectivity index (χ0v) is 56.6. The van der Waals surface area contributed by atoms with Crippen LogP contribution >= 0.6 is 15.6 Å². The Morgan fingerprint density at radius 2 is 1.28 bits per heavy atom. The predicted molar refractivity (Wildman–Crippen MR) is 355 cm³/mol. The molecule has 3 aliphatic heterocycles. The van der Waals surface area contributed by atoms with Crippen molar-refractivity contribution in [1.82, 2.24) is 49.6 Å². The molecule has 17 N–H and O–H groups in total. The summed E-state index contributed by atoms with van der Waals surface area (Å²) in [6.45, 7) is -1.54. The summed E-state index contributed by atoms with van der Waals surface area (Å²) >= 11 is 0. The van der Waals surface area contributed by atoms with Crippen molar-refractivity contribution in [2.75, 3.05) is 58.8 Å². The molecule has 13 unspecified atom stereocenters. The number of hydrogen-bond donors (Lipinski definition) is 13. The van der Waals surface area contributed by atoms with Crippen molar-refractivity contribution < 1.29 is 99.9 Å². The van der Waals surface area contributed by atoms with Crippen LogP contribution in [0, 0.1) is 45.6 Å². The van der Waals surface area contributed by atoms with Crippen LogP contribution in [0.5, 0.6) is 5.75 Å². The van der Waals surface area contributed by atoms with E-state index in [1.165, 1.54) is 49.3 Å². The third-order valence-electron chi connectivity index (χ3n) is 15.9. The van der Waals surface area contributed by atoms with Gasteiger partial charge in [0.2, 0.25) is 11.8 Å². The topological polar surface area (TPSA) is 607 Å². The first-order chi connectivity index (χ1) is 49.4. The number of aromatic nitrogens is 7. The molecule has 9 rings (SSSR count). The summed E-state index contributed by atoms with van der Waals surface area (Å²) in [6, 6.07) is 6.85. The van der Waals surface area contributed by atoms with Crippen molar-refractivity contribution in [3.05, 3.63) is 152 Å². The zero-order valence-electron chi connectivity index (χ0n) is 54.9. The Morgan fingerprint density at radius 3 is 1.86 bits per heavy atom. The lowest BCUT2D eigenvalue weighted by molar-refractivity contribution is -0.385. The molecule has 3 fully saturated rings. The number of anilines is 1. The smallest absolute Gasteiger partial charge is 0.411 e. The van der Waals surface area contributed by atoms with Crippen molar-refractivity contribution in [2.24, 2.45) is 17.4 Å². The molecular weight excluding hydrogens is 1420 g/mol. The van der Waals surface area contributed by atoms with E-state index in [0.29, 0.717) is 16.5 Å². The standard InChI is InChI=1S/C61H67N15O26P2/c1-30(77)37-12-8-32(15-40(37)76(88)89)7-11-36-25-75(61(87)72-57(36)83)52-19-45(102-103(90,91)95-27-46-41(79)17-50(97-46)73-23-34(53-54(64)69-29-70-55(53)73)10-6-33-9-13-38(31(2)78)43(16-33)100-65)48(99-52)28-96-104(92,93)101-44-18-51(98-47(44)26-94-3)74-24-35(56(82)71-60(74)86)5-4-14-66-49(81)22-68-59(85)42(80)21-67-58(84)39(63)20-62/h8-9,12-13,15-16,23-25,29,39,41-42,44-48,50-52,79-80H,14,17-22,26-28,62-63,65H2,1-3H3,(H,66,81)(H,67,84)(H,68,85)(H,90,91)(H,92,93)(H2,64,69,70)(H,71,82,86)(H,72,83,87). The number of H-pyrrole nitrogens is 2. The van der Waals surface area contributed by atoms with E-state index in [4.69, 9.17) is 65.0 Å². The Kier molecular flexibility index (Phi) is 25.4. The number of fused-ring (bicyclic) bond motifs is 1. The first-order valence-electron chi connectivity index (χ1n) is 30.9. The quantitative estimate of drug-likeness (QED) is 0.00790. The SMILES string of the molecule is COCC1OC(n2cc(C#CCNC(=O)CNC(=O)C(O)CNC(=O)C(N)CN)c(=O)[nH]c2=O)CC1OP(=O)(O)OCC1OC(n2cc(C#Cc3ccc(C(C)=O)c([N+](=O)[O-])c3)c(=O)[nH]c2=O)CC1OP(=O)(O)OCC1OC(n2cc(C#Cc3ccc(C(C)=O)c(ON)c3)c3c(N)ncnc32)CC1O. The van der Waals surface area contributed by atoms with Crippen LogP contribution in [0.3, 0.4) is 0 Å². The van der Waals surface area contributed by atoms with Crippen molar-refractivity contribution in [2.45, 2.75) is 101 Å². The number of carbonyl (C=O) groups is 5. The molecule has 3 amide bonds. The highest BCUT2D eigenvalue weighted by Gasteiger charge is 2.47. The average molecular weight is 1490 g/mol. The number of hydrogen-bond acceptors (Lipinski definition) is 30. The number of aliphatic hydroxyl groups is 2. The minimum absolute atomic E-state index is 0.0225. The Bertz CT molecular complexity index is 4890. The minimum atomic E-state index is -5.40. The van der Waals surface area contributed by atoms with Gasteiger partial charge in [-0.05, 0) is 44.2 Å². The predicted octanol–water partition coefficient (Wildman–Crippen LogP) is -3.30. The molecule has 3 aliphatic rings. The highest BCUT2D eigenvalue weighted by molar-refractivity contribution is 7.47. The second-order valence-electron chi connectivity index (χ2n) is 23.1. The maximum Gasteiger partial charge on any atom is 0.472 e. The van der Waals surface area contributed by atoms with E-state index in [-0.39, 0.29) is 64.8 Å². The number of nitrogens with one attached hydrogen (secondary N) is 5. The number of amides is 3. The highest BCUT2D eigenvalue weighted by Crippen LogP contribution is 2.52. The van der Waals surface area contributed by atoms with Crippen LogP contribution in [0.25, 0.3) is 11.0 Å². The molecule has 41 nitrogen and oxygen atoms in total. The van der Waals surface area contributed by atoms with E-state index in [9.17, 15) is 82.4 Å². The van der Waals surface area contributed by atoms with Gasteiger partial charge in [0.15, 0.2) is 17.3 Å². The summed E-state index contributed by atoms with van der Waals surface area (Å²) in [7, 11) is -9.55. The Balaban J connectivity index is 0.895. The maximum atomic E-state index is 14.1. The van der Waals surface area contributed by atoms with E-state index in [0.717, 1.165) is 40.6 Å². The number of rotatable bonds is 27. The van der Waals surface area contributed by atoms with Gasteiger partial charge in [-0.2, -0.15) is 5.90 Å². The molecule has 0 spiro atoms. The van der Waals surface area contributed by atoms with Crippen molar-refractivity contribution in [3.63, 3.8) is 0 Å². The second-order valence-corrected chi connectivity index (χ2v) is 25.9. The van der Waals surface area contributed by atoms with Gasteiger partial charge >= 0.3 is 27.0 Å². The number of nitro benzene ring substituents is 1. The van der Waals surface area contributed by atoms with Gasteiger partial charge in [-0.1, -0.05) is 35.5 Å². The Morgan fingerprint density at radius 1 is 0.740 bits per heavy atom. The molecule has 552 valence electrons. The fraction of sp³-hybridized carbons (Fsp3) is 0.393. The van der Waals surface area contributed by atoms with Crippen LogP contribution in [0.1, 0.15) is 100 Å². The lowest BCUT2D eigenvalue weighted by atomic mass is 10.1. The minimum Gasteiger partial charge on any atom is -0.411 e. The number of nitrogens with zero attached hydrogens (tertiary/aromatic N) is 6. The number of nitrogen functional groups attached to an aromatic ring is 1. The van der Waals surface area contributed by atoms with E-state index in [2.05, 4.69) is 71.4 Å². The number of phosphoric acid groups is 2. The first kappa shape index (κ1) is 77.9. The van der Waals surface area contributed by atoms with Gasteiger partial charge in [-0.15, -0.1) is 0 Å². The molecule has 4 aromatic heterocycles. The van der Waals surface area contributed by atoms with Gasteiger partial charge in [-0.25, -0.2) is 28.7 Å². The fourth-order valence-electron chi connectivity index (χ4n) is 10.7. The summed E-state index contributed by atoms with van der Waals surface area (Å²) in [6.07, 6.45) is -11.2. The van der Waals surface area contributed by atoms with E-state index < -0.39 is 191 Å². The van der Waals surface area contributed by atoms with E-state index in [1.807, 2.05) is 0 Å². The number of ether oxygens (including phenoxy) is 4. The molecular formula is C61H67N15O26P2. The molecule has 0 radical (unpaired) electrons. The Hall–Kier alpha value is -10.3. The molecule has 0 aliphatic carbocycles. The summed E-state index contributed by atoms with van der Waals surface area (Å²) in [4.78, 5) is 164.